The lowest BCUT2D eigenvalue weighted by atomic mass is 10.0. The maximum atomic E-state index is 13.0. The summed E-state index contributed by atoms with van der Waals surface area (Å²) in [5.41, 5.74) is 5.08. The van der Waals surface area contributed by atoms with Gasteiger partial charge in [0, 0.05) is 16.2 Å². The minimum Gasteiger partial charge on any atom is -0.207 e. The van der Waals surface area contributed by atoms with Gasteiger partial charge in [-0.15, -0.1) is 11.3 Å². The third-order valence-corrected chi connectivity index (χ3v) is 4.79. The summed E-state index contributed by atoms with van der Waals surface area (Å²) in [7, 11) is 0. The Morgan fingerprint density at radius 2 is 1.67 bits per heavy atom. The number of hydrogen-bond donors (Lipinski definition) is 0. The first-order valence-electron chi connectivity index (χ1n) is 7.02. The molecule has 0 saturated carbocycles. The highest BCUT2D eigenvalue weighted by Gasteiger charge is 2.06. The number of benzene rings is 2. The van der Waals surface area contributed by atoms with E-state index < -0.39 is 0 Å². The van der Waals surface area contributed by atoms with Crippen molar-refractivity contribution in [2.75, 3.05) is 0 Å². The summed E-state index contributed by atoms with van der Waals surface area (Å²) in [6, 6.07) is 17.6. The lowest BCUT2D eigenvalue weighted by Crippen LogP contribution is -1.90. The zero-order chi connectivity index (χ0) is 14.8. The van der Waals surface area contributed by atoms with Crippen molar-refractivity contribution in [1.29, 1.82) is 0 Å². The summed E-state index contributed by atoms with van der Waals surface area (Å²) in [5, 5.41) is 0. The Morgan fingerprint density at radius 1 is 0.905 bits per heavy atom. The van der Waals surface area contributed by atoms with E-state index in [-0.39, 0.29) is 5.82 Å². The zero-order valence-corrected chi connectivity index (χ0v) is 13.0. The van der Waals surface area contributed by atoms with Crippen molar-refractivity contribution >= 4 is 11.3 Å². The Kier molecular flexibility index (Phi) is 3.89. The van der Waals surface area contributed by atoms with Gasteiger partial charge in [-0.3, -0.25) is 0 Å². The van der Waals surface area contributed by atoms with Crippen LogP contribution in [0, 0.1) is 19.7 Å². The molecule has 1 heterocycles. The summed E-state index contributed by atoms with van der Waals surface area (Å²) in [4.78, 5) is 2.53. The highest BCUT2D eigenvalue weighted by molar-refractivity contribution is 7.15. The standard InChI is InChI=1S/C19H17FS/c1-13-3-4-14(2)16(11-13)12-18-9-10-19(21-18)15-5-7-17(20)8-6-15/h3-11H,12H2,1-2H3. The second kappa shape index (κ2) is 5.82. The maximum absolute atomic E-state index is 13.0. The number of rotatable bonds is 3. The quantitative estimate of drug-likeness (QED) is 0.576. The molecule has 1 aromatic heterocycles. The fourth-order valence-corrected chi connectivity index (χ4v) is 3.46. The molecular formula is C19H17FS. The Balaban J connectivity index is 1.85. The van der Waals surface area contributed by atoms with Gasteiger partial charge in [0.1, 0.15) is 5.82 Å². The maximum Gasteiger partial charge on any atom is 0.123 e. The van der Waals surface area contributed by atoms with Crippen molar-refractivity contribution in [3.63, 3.8) is 0 Å². The molecule has 0 amide bonds. The van der Waals surface area contributed by atoms with Crippen LogP contribution in [-0.4, -0.2) is 0 Å². The van der Waals surface area contributed by atoms with Gasteiger partial charge in [-0.05, 0) is 54.8 Å². The Morgan fingerprint density at radius 3 is 2.43 bits per heavy atom. The van der Waals surface area contributed by atoms with E-state index in [1.54, 1.807) is 11.3 Å². The van der Waals surface area contributed by atoms with E-state index in [1.807, 2.05) is 12.1 Å². The summed E-state index contributed by atoms with van der Waals surface area (Å²) in [6.45, 7) is 4.28. The molecule has 3 aromatic rings. The first kappa shape index (κ1) is 14.0. The van der Waals surface area contributed by atoms with Crippen LogP contribution in [0.1, 0.15) is 21.6 Å². The largest absolute Gasteiger partial charge is 0.207 e. The molecular weight excluding hydrogens is 279 g/mol. The van der Waals surface area contributed by atoms with Crippen LogP contribution < -0.4 is 0 Å². The first-order chi connectivity index (χ1) is 10.1. The second-order valence-corrected chi connectivity index (χ2v) is 6.55. The van der Waals surface area contributed by atoms with Crippen LogP contribution in [0.15, 0.2) is 54.6 Å². The molecule has 21 heavy (non-hydrogen) atoms. The van der Waals surface area contributed by atoms with Crippen molar-refractivity contribution in [3.05, 3.63) is 82.0 Å². The van der Waals surface area contributed by atoms with Gasteiger partial charge in [-0.2, -0.15) is 0 Å². The molecule has 0 aliphatic carbocycles. The molecule has 0 aliphatic rings. The molecule has 2 heteroatoms. The third-order valence-electron chi connectivity index (χ3n) is 3.66. The van der Waals surface area contributed by atoms with Crippen molar-refractivity contribution in [2.24, 2.45) is 0 Å². The summed E-state index contributed by atoms with van der Waals surface area (Å²) < 4.78 is 13.0. The second-order valence-electron chi connectivity index (χ2n) is 5.38. The monoisotopic (exact) mass is 296 g/mol. The first-order valence-corrected chi connectivity index (χ1v) is 7.84. The molecule has 0 unspecified atom stereocenters. The number of aryl methyl sites for hydroxylation is 2. The highest BCUT2D eigenvalue weighted by Crippen LogP contribution is 2.30. The normalized spacial score (nSPS) is 10.8. The molecule has 0 spiro atoms. The van der Waals surface area contributed by atoms with E-state index in [4.69, 9.17) is 0 Å². The Bertz CT molecular complexity index is 753. The van der Waals surface area contributed by atoms with Crippen LogP contribution in [0.3, 0.4) is 0 Å². The summed E-state index contributed by atoms with van der Waals surface area (Å²) in [6.07, 6.45) is 0.958. The molecule has 2 aromatic carbocycles. The van der Waals surface area contributed by atoms with E-state index in [9.17, 15) is 4.39 Å². The predicted octanol–water partition coefficient (Wildman–Crippen LogP) is 5.76. The fourth-order valence-electron chi connectivity index (χ4n) is 2.42. The minimum absolute atomic E-state index is 0.189. The molecule has 0 radical (unpaired) electrons. The molecule has 0 bridgehead atoms. The number of halogens is 1. The van der Waals surface area contributed by atoms with E-state index in [1.165, 1.54) is 38.6 Å². The Labute approximate surface area is 128 Å². The lowest BCUT2D eigenvalue weighted by molar-refractivity contribution is 0.628. The highest BCUT2D eigenvalue weighted by atomic mass is 32.1. The zero-order valence-electron chi connectivity index (χ0n) is 12.2. The van der Waals surface area contributed by atoms with Crippen LogP contribution in [0.5, 0.6) is 0 Å². The molecule has 0 atom stereocenters. The summed E-state index contributed by atoms with van der Waals surface area (Å²) in [5.74, 6) is -0.189. The van der Waals surface area contributed by atoms with Crippen LogP contribution >= 0.6 is 11.3 Å². The third kappa shape index (κ3) is 3.22. The molecule has 3 rings (SSSR count). The fraction of sp³-hybridized carbons (Fsp3) is 0.158. The molecule has 0 N–H and O–H groups in total. The topological polar surface area (TPSA) is 0 Å². The number of thiophene rings is 1. The van der Waals surface area contributed by atoms with Gasteiger partial charge >= 0.3 is 0 Å². The van der Waals surface area contributed by atoms with Crippen LogP contribution in [0.4, 0.5) is 4.39 Å². The minimum atomic E-state index is -0.189. The SMILES string of the molecule is Cc1ccc(C)c(Cc2ccc(-c3ccc(F)cc3)s2)c1. The molecule has 0 aliphatic heterocycles. The van der Waals surface area contributed by atoms with Gasteiger partial charge in [-0.25, -0.2) is 4.39 Å². The van der Waals surface area contributed by atoms with E-state index in [0.29, 0.717) is 0 Å². The van der Waals surface area contributed by atoms with E-state index in [0.717, 1.165) is 12.0 Å². The predicted molar refractivity (Wildman–Crippen MR) is 88.4 cm³/mol. The lowest BCUT2D eigenvalue weighted by Gasteiger charge is -2.05. The molecule has 106 valence electrons. The van der Waals surface area contributed by atoms with Gasteiger partial charge < -0.3 is 0 Å². The van der Waals surface area contributed by atoms with Crippen molar-refractivity contribution in [1.82, 2.24) is 0 Å². The summed E-state index contributed by atoms with van der Waals surface area (Å²) >= 11 is 1.78. The number of hydrogen-bond acceptors (Lipinski definition) is 1. The average molecular weight is 296 g/mol. The molecule has 0 fully saturated rings. The van der Waals surface area contributed by atoms with Gasteiger partial charge in [0.2, 0.25) is 0 Å². The Hall–Kier alpha value is -1.93. The van der Waals surface area contributed by atoms with E-state index >= 15 is 0 Å². The van der Waals surface area contributed by atoms with Crippen LogP contribution in [0.2, 0.25) is 0 Å². The van der Waals surface area contributed by atoms with Gasteiger partial charge in [0.15, 0.2) is 0 Å². The molecule has 0 saturated heterocycles. The van der Waals surface area contributed by atoms with Crippen molar-refractivity contribution in [2.45, 2.75) is 20.3 Å². The van der Waals surface area contributed by atoms with Crippen LogP contribution in [-0.2, 0) is 6.42 Å². The van der Waals surface area contributed by atoms with Gasteiger partial charge in [0.25, 0.3) is 0 Å². The van der Waals surface area contributed by atoms with Crippen molar-refractivity contribution in [3.8, 4) is 10.4 Å². The molecule has 0 nitrogen and oxygen atoms in total. The van der Waals surface area contributed by atoms with E-state index in [2.05, 4.69) is 44.2 Å². The van der Waals surface area contributed by atoms with Crippen LogP contribution in [0.25, 0.3) is 10.4 Å². The van der Waals surface area contributed by atoms with Gasteiger partial charge in [-0.1, -0.05) is 35.9 Å². The van der Waals surface area contributed by atoms with Crippen molar-refractivity contribution < 1.29 is 4.39 Å². The van der Waals surface area contributed by atoms with Gasteiger partial charge in [0.05, 0.1) is 0 Å². The average Bonchev–Trinajstić information content (AvgIpc) is 2.92. The smallest absolute Gasteiger partial charge is 0.123 e.